The average Bonchev–Trinajstić information content (AvgIpc) is 0.667. The molecule has 4 aliphatic heterocycles. The molecule has 5 fully saturated rings. The standard InChI is InChI=1S/C77H76N4O19.CH2O2/c1-41-57(97-73(92)63(84)62(45-19-11-8-12-20-45)79-68(86)46-21-13-9-14-22-46)39-77(93)67(99-72(91)47-23-15-10-16-24-47)65-75(7,66(85)64(95-43(3)82)61(41)74(77,5)6)58(38-59-76(65,40-94-59)100-44(4)83)98-71(90)42(2)78-69(87)48-25-28-51(70(88)89)54(35-48)60-52-29-26-49(80-31-17-32-80)36-55(52)96-56-37-50(27-30-53(56)60)81-33-18-34-81;2-1-3/h8-16,19-30,35-37,42,57-59,62-65,67,84,93H,17-18,31-34,38-40H2,1-7H3,(H2-,78,79,86,87,88,89);1H,(H,2,3)/t42-,57-,58-,59+,62-,63+,64+,65?,67-,75+,76-,77+;/m0./s1. The molecule has 5 aromatic carbocycles. The number of aromatic carboxylic acids is 1. The van der Waals surface area contributed by atoms with Gasteiger partial charge in [-0.2, -0.15) is 0 Å². The van der Waals surface area contributed by atoms with Crippen molar-refractivity contribution in [2.75, 3.05) is 37.7 Å². The van der Waals surface area contributed by atoms with Crippen LogP contribution in [0.25, 0.3) is 33.4 Å². The molecule has 8 aliphatic rings. The van der Waals surface area contributed by atoms with Gasteiger partial charge in [-0.05, 0) is 104 Å². The van der Waals surface area contributed by atoms with Crippen LogP contribution >= 0.6 is 0 Å². The molecule has 0 aromatic heterocycles. The van der Waals surface area contributed by atoms with Gasteiger partial charge in [-0.15, -0.1) is 0 Å². The zero-order valence-corrected chi connectivity index (χ0v) is 57.6. The average molecular weight is 1410 g/mol. The first-order valence-electron chi connectivity index (χ1n) is 34.0. The van der Waals surface area contributed by atoms with Gasteiger partial charge in [0.2, 0.25) is 5.36 Å². The van der Waals surface area contributed by atoms with Crippen molar-refractivity contribution in [2.24, 2.45) is 16.7 Å². The first-order valence-corrected chi connectivity index (χ1v) is 34.0. The molecule has 5 aromatic rings. The highest BCUT2D eigenvalue weighted by molar-refractivity contribution is 6.09. The van der Waals surface area contributed by atoms with Gasteiger partial charge < -0.3 is 73.6 Å². The predicted molar refractivity (Wildman–Crippen MR) is 366 cm³/mol. The lowest BCUT2D eigenvalue weighted by molar-refractivity contribution is -0.346. The molecule has 2 bridgehead atoms. The number of carbonyl (C=O) groups excluding carboxylic acids is 9. The molecular formula is C78H78N4O21. The number of hydrogen-bond acceptors (Lipinski definition) is 21. The van der Waals surface area contributed by atoms with Gasteiger partial charge in [0.05, 0.1) is 48.0 Å². The third-order valence-corrected chi connectivity index (χ3v) is 21.3. The largest absolute Gasteiger partial charge is 0.545 e. The number of nitrogens with zero attached hydrogens (tertiary/aromatic N) is 2. The van der Waals surface area contributed by atoms with Crippen molar-refractivity contribution < 1.29 is 101 Å². The van der Waals surface area contributed by atoms with Crippen molar-refractivity contribution in [1.29, 1.82) is 0 Å². The highest BCUT2D eigenvalue weighted by Crippen LogP contribution is 2.65. The molecule has 4 heterocycles. The first kappa shape index (κ1) is 71.9. The van der Waals surface area contributed by atoms with Crippen LogP contribution in [-0.2, 0) is 57.2 Å². The summed E-state index contributed by atoms with van der Waals surface area (Å²) in [5, 5.41) is 53.4. The van der Waals surface area contributed by atoms with Gasteiger partial charge in [0.15, 0.2) is 23.6 Å². The van der Waals surface area contributed by atoms with Crippen LogP contribution in [0.3, 0.4) is 0 Å². The van der Waals surface area contributed by atoms with Crippen molar-refractivity contribution in [1.82, 2.24) is 15.2 Å². The molecule has 1 unspecified atom stereocenters. The van der Waals surface area contributed by atoms with Gasteiger partial charge in [-0.25, -0.2) is 19.0 Å². The lowest BCUT2D eigenvalue weighted by atomic mass is 9.44. The van der Waals surface area contributed by atoms with Crippen molar-refractivity contribution in [3.8, 4) is 22.5 Å². The lowest BCUT2D eigenvalue weighted by Crippen LogP contribution is -2.82. The molecule has 103 heavy (non-hydrogen) atoms. The fourth-order valence-electron chi connectivity index (χ4n) is 15.7. The number of ketones is 1. The Morgan fingerprint density at radius 1 is 0.738 bits per heavy atom. The minimum absolute atomic E-state index is 0.0313. The van der Waals surface area contributed by atoms with Crippen molar-refractivity contribution in [3.05, 3.63) is 190 Å². The molecule has 3 saturated heterocycles. The van der Waals surface area contributed by atoms with Crippen LogP contribution in [-0.4, -0.2) is 162 Å². The number of ether oxygens (including phenoxy) is 6. The van der Waals surface area contributed by atoms with E-state index in [2.05, 4.69) is 20.1 Å². The Morgan fingerprint density at radius 3 is 1.98 bits per heavy atom. The molecule has 0 radical (unpaired) electrons. The zero-order chi connectivity index (χ0) is 73.6. The number of anilines is 1. The summed E-state index contributed by atoms with van der Waals surface area (Å²) in [5.74, 6) is -10.8. The fraction of sp³-hybridized carbons (Fsp3) is 0.372. The Labute approximate surface area is 591 Å². The molecule has 0 spiro atoms. The molecule has 25 nitrogen and oxygen atoms in total. The number of aliphatic hydroxyl groups is 2. The van der Waals surface area contributed by atoms with Gasteiger partial charge in [-0.1, -0.05) is 86.6 Å². The fourth-order valence-corrected chi connectivity index (χ4v) is 15.7. The number of amides is 2. The summed E-state index contributed by atoms with van der Waals surface area (Å²) in [5.41, 5.74) is -6.24. The first-order chi connectivity index (χ1) is 49.1. The van der Waals surface area contributed by atoms with E-state index < -0.39 is 150 Å². The van der Waals surface area contributed by atoms with E-state index in [0.717, 1.165) is 63.9 Å². The molecule has 2 saturated carbocycles. The van der Waals surface area contributed by atoms with Crippen molar-refractivity contribution in [3.63, 3.8) is 0 Å². The molecule has 5 N–H and O–H groups in total. The molecule has 13 rings (SSSR count). The Balaban J connectivity index is 0.00000328. The number of hydrogen-bond donors (Lipinski definition) is 5. The Hall–Kier alpha value is -10.9. The summed E-state index contributed by atoms with van der Waals surface area (Å²) >= 11 is 0. The molecule has 4 aliphatic carbocycles. The summed E-state index contributed by atoms with van der Waals surface area (Å²) < 4.78 is 46.9. The zero-order valence-electron chi connectivity index (χ0n) is 57.6. The van der Waals surface area contributed by atoms with Crippen LogP contribution in [0.5, 0.6) is 0 Å². The van der Waals surface area contributed by atoms with E-state index in [0.29, 0.717) is 33.4 Å². The summed E-state index contributed by atoms with van der Waals surface area (Å²) in [7, 11) is 0. The summed E-state index contributed by atoms with van der Waals surface area (Å²) in [6.45, 7) is 12.0. The second-order valence-electron chi connectivity index (χ2n) is 27.6. The maximum atomic E-state index is 16.8. The number of fused-ring (bicyclic) bond motifs is 7. The van der Waals surface area contributed by atoms with Gasteiger partial charge in [0.1, 0.15) is 60.5 Å². The molecular weight excluding hydrogens is 1330 g/mol. The third kappa shape index (κ3) is 13.1. The monoisotopic (exact) mass is 1410 g/mol. The second kappa shape index (κ2) is 28.5. The number of carbonyl (C=O) groups is 10. The van der Waals surface area contributed by atoms with Crippen LogP contribution in [0.1, 0.15) is 127 Å². The van der Waals surface area contributed by atoms with Gasteiger partial charge in [0, 0.05) is 96.2 Å². The van der Waals surface area contributed by atoms with Crippen LogP contribution < -0.4 is 30.6 Å². The summed E-state index contributed by atoms with van der Waals surface area (Å²) in [6.07, 6.45) is -9.95. The minimum atomic E-state index is -2.61. The number of nitrogens with one attached hydrogen (secondary N) is 2. The topological polar surface area (TPSA) is 353 Å². The molecule has 12 atom stereocenters. The normalized spacial score (nSPS) is 25.2. The Bertz CT molecular complexity index is 4620. The van der Waals surface area contributed by atoms with E-state index >= 15 is 14.4 Å². The maximum absolute atomic E-state index is 16.8. The SMILES string of the molecule is CC(=O)O[C@H]1C(=O)[C@@]2(C)C([C@H](OC(=O)c3ccccc3)[C@]3(O)C[C@H](OC(=O)[C@H](O)[C@@H](NC(=O)c4ccccc4)c4ccccc4)C(C)=C1C3(C)C)[C@]1(OC(C)=O)CO[C@@H]1C[C@@H]2OC(=O)[C@H](C)NC(=O)c1ccc(C(=O)[O-])c(-c2c3ccc(=[N+]4CCC4)cc-3oc3cc(N4CCC4)ccc23)c1.O=CO. The second-order valence-corrected chi connectivity index (χ2v) is 27.6. The van der Waals surface area contributed by atoms with Gasteiger partial charge in [-0.3, -0.25) is 28.8 Å². The molecule has 25 heteroatoms. The highest BCUT2D eigenvalue weighted by Gasteiger charge is 2.79. The van der Waals surface area contributed by atoms with E-state index in [4.69, 9.17) is 42.7 Å². The molecule has 536 valence electrons. The number of esters is 5. The number of rotatable bonds is 17. The van der Waals surface area contributed by atoms with Crippen LogP contribution in [0.4, 0.5) is 5.69 Å². The smallest absolute Gasteiger partial charge is 0.338 e. The van der Waals surface area contributed by atoms with Crippen LogP contribution in [0, 0.1) is 16.7 Å². The number of Topliss-reactive ketones (excluding diaryl/α,β-unsaturated/α-hetero) is 1. The van der Waals surface area contributed by atoms with E-state index in [1.165, 1.54) is 65.0 Å². The van der Waals surface area contributed by atoms with E-state index in [1.54, 1.807) is 78.9 Å². The summed E-state index contributed by atoms with van der Waals surface area (Å²) in [4.78, 5) is 141. The minimum Gasteiger partial charge on any atom is -0.545 e. The van der Waals surface area contributed by atoms with Crippen molar-refractivity contribution >= 4 is 76.5 Å². The predicted octanol–water partition coefficient (Wildman–Crippen LogP) is 6.07. The Kier molecular flexibility index (Phi) is 19.9. The lowest BCUT2D eigenvalue weighted by Gasteiger charge is -2.67. The number of carboxylic acid groups (broad SMARTS) is 2. The number of carboxylic acids is 1. The number of aliphatic hydroxyl groups excluding tert-OH is 1. The van der Waals surface area contributed by atoms with E-state index in [9.17, 15) is 44.1 Å². The van der Waals surface area contributed by atoms with Crippen molar-refractivity contribution in [2.45, 2.75) is 134 Å². The van der Waals surface area contributed by atoms with Crippen LogP contribution in [0.2, 0.25) is 0 Å². The molecule has 2 amide bonds. The maximum Gasteiger partial charge on any atom is 0.338 e. The highest BCUT2D eigenvalue weighted by atomic mass is 16.6. The van der Waals surface area contributed by atoms with Gasteiger partial charge >= 0.3 is 29.8 Å². The van der Waals surface area contributed by atoms with E-state index in [-0.39, 0.29) is 45.4 Å². The third-order valence-electron chi connectivity index (χ3n) is 21.3. The number of benzene rings is 6. The Morgan fingerprint density at radius 2 is 1.39 bits per heavy atom. The summed E-state index contributed by atoms with van der Waals surface area (Å²) in [6, 6.07) is 36.2. The van der Waals surface area contributed by atoms with Crippen LogP contribution in [0.15, 0.2) is 161 Å². The quantitative estimate of drug-likeness (QED) is 0.0172. The van der Waals surface area contributed by atoms with Gasteiger partial charge in [0.25, 0.3) is 18.3 Å². The van der Waals surface area contributed by atoms with E-state index in [1.807, 2.05) is 36.4 Å².